The maximum atomic E-state index is 11.3. The third-order valence-corrected chi connectivity index (χ3v) is 3.50. The second-order valence-electron chi connectivity index (χ2n) is 5.12. The van der Waals surface area contributed by atoms with Crippen molar-refractivity contribution in [3.63, 3.8) is 0 Å². The predicted octanol–water partition coefficient (Wildman–Crippen LogP) is -5.55. The van der Waals surface area contributed by atoms with Crippen LogP contribution in [0.15, 0.2) is 0 Å². The molecule has 0 amide bonds. The van der Waals surface area contributed by atoms with Crippen LogP contribution in [0.2, 0.25) is 0 Å². The minimum absolute atomic E-state index is 0.726. The SMILES string of the molecule is O=C(CO)[C@@H](O)[C@@H](O[C@@H]1O[C@H](CO)[C@H](O)[C@@H](O)[C@H]1O)[C@H](O)CO. The number of ketones is 1. The number of aliphatic hydroxyl groups excluding tert-OH is 8. The molecule has 23 heavy (non-hydrogen) atoms. The maximum Gasteiger partial charge on any atom is 0.189 e. The molecule has 0 spiro atoms. The van der Waals surface area contributed by atoms with Gasteiger partial charge in [0.15, 0.2) is 12.1 Å². The largest absolute Gasteiger partial charge is 0.394 e. The number of carbonyl (C=O) groups is 1. The quantitative estimate of drug-likeness (QED) is 0.209. The van der Waals surface area contributed by atoms with Gasteiger partial charge in [-0.3, -0.25) is 4.79 Å². The van der Waals surface area contributed by atoms with Crippen molar-refractivity contribution in [3.05, 3.63) is 0 Å². The molecule has 11 heteroatoms. The van der Waals surface area contributed by atoms with Crippen LogP contribution in [0.4, 0.5) is 0 Å². The van der Waals surface area contributed by atoms with E-state index in [9.17, 15) is 30.3 Å². The smallest absolute Gasteiger partial charge is 0.189 e. The summed E-state index contributed by atoms with van der Waals surface area (Å²) in [5, 5.41) is 75.1. The van der Waals surface area contributed by atoms with E-state index in [1.54, 1.807) is 0 Å². The highest BCUT2D eigenvalue weighted by Gasteiger charge is 2.46. The van der Waals surface area contributed by atoms with Crippen LogP contribution in [0.5, 0.6) is 0 Å². The fourth-order valence-corrected chi connectivity index (χ4v) is 2.09. The van der Waals surface area contributed by atoms with E-state index in [0.717, 1.165) is 0 Å². The molecule has 0 aliphatic carbocycles. The van der Waals surface area contributed by atoms with Gasteiger partial charge in [0.1, 0.15) is 49.3 Å². The summed E-state index contributed by atoms with van der Waals surface area (Å²) in [6.07, 6.45) is -13.8. The summed E-state index contributed by atoms with van der Waals surface area (Å²) < 4.78 is 10.1. The number of aliphatic hydroxyl groups is 8. The number of Topliss-reactive ketones (excluding diaryl/α,β-unsaturated/α-hetero) is 1. The summed E-state index contributed by atoms with van der Waals surface area (Å²) in [5.74, 6) is -1.12. The van der Waals surface area contributed by atoms with Gasteiger partial charge in [-0.1, -0.05) is 0 Å². The molecule has 0 radical (unpaired) electrons. The van der Waals surface area contributed by atoms with Crippen LogP contribution in [0.3, 0.4) is 0 Å². The second-order valence-corrected chi connectivity index (χ2v) is 5.12. The van der Waals surface area contributed by atoms with E-state index >= 15 is 0 Å². The molecule has 136 valence electrons. The van der Waals surface area contributed by atoms with Gasteiger partial charge in [-0.15, -0.1) is 0 Å². The van der Waals surface area contributed by atoms with Gasteiger partial charge in [-0.2, -0.15) is 0 Å². The molecule has 1 aliphatic heterocycles. The number of carbonyl (C=O) groups excluding carboxylic acids is 1. The second kappa shape index (κ2) is 8.94. The highest BCUT2D eigenvalue weighted by atomic mass is 16.7. The van der Waals surface area contributed by atoms with Crippen molar-refractivity contribution in [1.82, 2.24) is 0 Å². The summed E-state index contributed by atoms with van der Waals surface area (Å²) in [5.41, 5.74) is 0. The fraction of sp³-hybridized carbons (Fsp3) is 0.917. The Hall–Kier alpha value is -0.730. The van der Waals surface area contributed by atoms with Crippen LogP contribution in [0.25, 0.3) is 0 Å². The van der Waals surface area contributed by atoms with E-state index < -0.39 is 74.6 Å². The van der Waals surface area contributed by atoms with Gasteiger partial charge < -0.3 is 50.3 Å². The van der Waals surface area contributed by atoms with Crippen molar-refractivity contribution < 1.29 is 55.1 Å². The molecule has 0 bridgehead atoms. The van der Waals surface area contributed by atoms with E-state index in [0.29, 0.717) is 0 Å². The Morgan fingerprint density at radius 2 is 1.65 bits per heavy atom. The molecule has 0 aromatic heterocycles. The Morgan fingerprint density at radius 1 is 1.04 bits per heavy atom. The Balaban J connectivity index is 2.91. The van der Waals surface area contributed by atoms with E-state index in [4.69, 9.17) is 24.8 Å². The Bertz CT molecular complexity index is 376. The zero-order valence-corrected chi connectivity index (χ0v) is 12.0. The van der Waals surface area contributed by atoms with Crippen LogP contribution in [-0.4, -0.2) is 115 Å². The lowest BCUT2D eigenvalue weighted by Gasteiger charge is -2.41. The molecule has 0 aromatic carbocycles. The van der Waals surface area contributed by atoms with E-state index in [-0.39, 0.29) is 0 Å². The topological polar surface area (TPSA) is 197 Å². The summed E-state index contributed by atoms with van der Waals surface area (Å²) in [6, 6.07) is 0. The van der Waals surface area contributed by atoms with Crippen LogP contribution in [0, 0.1) is 0 Å². The maximum absolute atomic E-state index is 11.3. The van der Waals surface area contributed by atoms with Crippen LogP contribution >= 0.6 is 0 Å². The van der Waals surface area contributed by atoms with Gasteiger partial charge >= 0.3 is 0 Å². The molecule has 1 heterocycles. The normalized spacial score (nSPS) is 35.6. The molecule has 0 unspecified atom stereocenters. The van der Waals surface area contributed by atoms with Gasteiger partial charge in [0.2, 0.25) is 0 Å². The molecule has 8 N–H and O–H groups in total. The molecular formula is C12H22O11. The zero-order chi connectivity index (χ0) is 17.7. The van der Waals surface area contributed by atoms with Crippen molar-refractivity contribution in [3.8, 4) is 0 Å². The Morgan fingerprint density at radius 3 is 2.13 bits per heavy atom. The number of hydrogen-bond donors (Lipinski definition) is 8. The van der Waals surface area contributed by atoms with Crippen LogP contribution in [0.1, 0.15) is 0 Å². The molecule has 1 fully saturated rings. The molecular weight excluding hydrogens is 320 g/mol. The van der Waals surface area contributed by atoms with Gasteiger partial charge in [0.05, 0.1) is 13.2 Å². The first-order valence-corrected chi connectivity index (χ1v) is 6.85. The number of ether oxygens (including phenoxy) is 2. The summed E-state index contributed by atoms with van der Waals surface area (Å²) >= 11 is 0. The summed E-state index contributed by atoms with van der Waals surface area (Å²) in [7, 11) is 0. The molecule has 8 atom stereocenters. The van der Waals surface area contributed by atoms with Gasteiger partial charge in [0.25, 0.3) is 0 Å². The van der Waals surface area contributed by atoms with Gasteiger partial charge in [-0.25, -0.2) is 0 Å². The van der Waals surface area contributed by atoms with E-state index in [2.05, 4.69) is 0 Å². The lowest BCUT2D eigenvalue weighted by atomic mass is 9.98. The summed E-state index contributed by atoms with van der Waals surface area (Å²) in [4.78, 5) is 11.3. The van der Waals surface area contributed by atoms with Crippen molar-refractivity contribution >= 4 is 5.78 Å². The first kappa shape index (κ1) is 20.3. The molecule has 0 aromatic rings. The standard InChI is InChI=1S/C12H22O11/c13-1-4(16)7(18)11(5(17)2-14)23-12-10(21)9(20)8(19)6(3-15)22-12/h5-15,17-21H,1-3H2/t5-,6-,7-,8+,9-,10-,11+,12+/m1/s1. The van der Waals surface area contributed by atoms with Crippen molar-refractivity contribution in [1.29, 1.82) is 0 Å². The predicted molar refractivity (Wildman–Crippen MR) is 69.8 cm³/mol. The third-order valence-electron chi connectivity index (χ3n) is 3.50. The number of hydrogen-bond acceptors (Lipinski definition) is 11. The number of rotatable bonds is 8. The Labute approximate surface area is 130 Å². The monoisotopic (exact) mass is 342 g/mol. The summed E-state index contributed by atoms with van der Waals surface area (Å²) in [6.45, 7) is -2.71. The zero-order valence-electron chi connectivity index (χ0n) is 12.0. The minimum atomic E-state index is -2.05. The molecule has 0 saturated carbocycles. The van der Waals surface area contributed by atoms with Crippen molar-refractivity contribution in [2.75, 3.05) is 19.8 Å². The first-order valence-electron chi connectivity index (χ1n) is 6.85. The van der Waals surface area contributed by atoms with E-state index in [1.807, 2.05) is 0 Å². The van der Waals surface area contributed by atoms with Crippen molar-refractivity contribution in [2.45, 2.75) is 49.0 Å². The molecule has 1 rings (SSSR count). The third kappa shape index (κ3) is 4.64. The van der Waals surface area contributed by atoms with Crippen molar-refractivity contribution in [2.24, 2.45) is 0 Å². The average Bonchev–Trinajstić information content (AvgIpc) is 2.57. The average molecular weight is 342 g/mol. The first-order chi connectivity index (χ1) is 10.8. The highest BCUT2D eigenvalue weighted by Crippen LogP contribution is 2.24. The van der Waals surface area contributed by atoms with Crippen LogP contribution in [-0.2, 0) is 14.3 Å². The molecule has 1 saturated heterocycles. The fourth-order valence-electron chi connectivity index (χ4n) is 2.09. The lowest BCUT2D eigenvalue weighted by molar-refractivity contribution is -0.323. The van der Waals surface area contributed by atoms with Gasteiger partial charge in [-0.05, 0) is 0 Å². The molecule has 1 aliphatic rings. The molecule has 11 nitrogen and oxygen atoms in total. The van der Waals surface area contributed by atoms with E-state index in [1.165, 1.54) is 0 Å². The highest BCUT2D eigenvalue weighted by molar-refractivity contribution is 5.84. The van der Waals surface area contributed by atoms with Crippen LogP contribution < -0.4 is 0 Å². The Kier molecular flexibility index (Phi) is 7.89. The minimum Gasteiger partial charge on any atom is -0.394 e. The lowest BCUT2D eigenvalue weighted by Crippen LogP contribution is -2.61. The van der Waals surface area contributed by atoms with Gasteiger partial charge in [0, 0.05) is 0 Å².